The minimum atomic E-state index is -3.42. The predicted molar refractivity (Wildman–Crippen MR) is 134 cm³/mol. The zero-order valence-corrected chi connectivity index (χ0v) is 19.9. The van der Waals surface area contributed by atoms with Crippen molar-refractivity contribution in [2.24, 2.45) is 0 Å². The Kier molecular flexibility index (Phi) is 6.62. The summed E-state index contributed by atoms with van der Waals surface area (Å²) in [5, 5.41) is 6.95. The molecule has 0 aliphatic carbocycles. The van der Waals surface area contributed by atoms with Crippen LogP contribution >= 0.6 is 11.6 Å². The van der Waals surface area contributed by atoms with E-state index >= 15 is 0 Å². The fourth-order valence-corrected chi connectivity index (χ4v) is 4.20. The average Bonchev–Trinajstić information content (AvgIpc) is 3.17. The Morgan fingerprint density at radius 2 is 1.88 bits per heavy atom. The summed E-state index contributed by atoms with van der Waals surface area (Å²) >= 11 is 6.04. The zero-order valence-electron chi connectivity index (χ0n) is 18.4. The highest BCUT2D eigenvalue weighted by atomic mass is 35.5. The largest absolute Gasteiger partial charge is 0.495 e. The average molecular weight is 500 g/mol. The first-order valence-corrected chi connectivity index (χ1v) is 12.4. The third-order valence-electron chi connectivity index (χ3n) is 4.94. The van der Waals surface area contributed by atoms with Crippen molar-refractivity contribution in [3.05, 3.63) is 77.6 Å². The van der Waals surface area contributed by atoms with Crippen LogP contribution in [0.4, 0.5) is 22.0 Å². The Labute approximate surface area is 201 Å². The van der Waals surface area contributed by atoms with E-state index in [9.17, 15) is 13.2 Å². The van der Waals surface area contributed by atoms with Gasteiger partial charge in [-0.1, -0.05) is 17.7 Å². The topological polar surface area (TPSA) is 114 Å². The molecule has 0 fully saturated rings. The van der Waals surface area contributed by atoms with Crippen LogP contribution in [0.15, 0.2) is 67.0 Å². The molecule has 176 valence electrons. The summed E-state index contributed by atoms with van der Waals surface area (Å²) in [6.07, 6.45) is 4.53. The van der Waals surface area contributed by atoms with Gasteiger partial charge in [0.1, 0.15) is 11.6 Å². The summed E-state index contributed by atoms with van der Waals surface area (Å²) < 4.78 is 32.6. The van der Waals surface area contributed by atoms with Gasteiger partial charge in [-0.25, -0.2) is 18.2 Å². The molecule has 0 atom stereocenters. The number of hydrogen-bond acceptors (Lipinski definition) is 5. The van der Waals surface area contributed by atoms with Gasteiger partial charge in [0, 0.05) is 29.3 Å². The summed E-state index contributed by atoms with van der Waals surface area (Å²) in [6.45, 7) is 0.486. The van der Waals surface area contributed by atoms with Gasteiger partial charge in [-0.15, -0.1) is 0 Å². The molecule has 34 heavy (non-hydrogen) atoms. The summed E-state index contributed by atoms with van der Waals surface area (Å²) in [5.74, 6) is 0.748. The number of halogens is 1. The van der Waals surface area contributed by atoms with Crippen LogP contribution in [0.25, 0.3) is 10.9 Å². The summed E-state index contributed by atoms with van der Waals surface area (Å²) in [5.41, 5.74) is 2.84. The number of carbonyl (C=O) groups excluding carboxylic acids is 1. The SMILES string of the molecule is COc1ccc(Cl)cc1NC(=O)Nc1cccc2c1ccn2Cc1ccnc(NS(C)(=O)=O)c1. The number of pyridine rings is 1. The molecule has 0 aliphatic heterocycles. The second-order valence-electron chi connectivity index (χ2n) is 7.53. The van der Waals surface area contributed by atoms with E-state index in [1.807, 2.05) is 41.1 Å². The predicted octanol–water partition coefficient (Wildman–Crippen LogP) is 4.76. The molecule has 4 rings (SSSR count). The van der Waals surface area contributed by atoms with Crippen molar-refractivity contribution in [3.8, 4) is 5.75 Å². The van der Waals surface area contributed by atoms with E-state index in [-0.39, 0.29) is 5.82 Å². The number of anilines is 3. The molecule has 0 aliphatic rings. The van der Waals surface area contributed by atoms with Gasteiger partial charge >= 0.3 is 6.03 Å². The molecule has 0 saturated heterocycles. The van der Waals surface area contributed by atoms with E-state index in [2.05, 4.69) is 20.3 Å². The van der Waals surface area contributed by atoms with E-state index in [1.54, 1.807) is 30.5 Å². The van der Waals surface area contributed by atoms with Crippen LogP contribution in [-0.4, -0.2) is 37.4 Å². The van der Waals surface area contributed by atoms with Gasteiger partial charge in [0.25, 0.3) is 0 Å². The van der Waals surface area contributed by atoms with Crippen molar-refractivity contribution in [2.45, 2.75) is 6.54 Å². The molecule has 2 aromatic carbocycles. The quantitative estimate of drug-likeness (QED) is 0.339. The van der Waals surface area contributed by atoms with Crippen molar-refractivity contribution in [3.63, 3.8) is 0 Å². The van der Waals surface area contributed by atoms with Crippen LogP contribution in [0.2, 0.25) is 5.02 Å². The van der Waals surface area contributed by atoms with Crippen molar-refractivity contribution >= 4 is 55.8 Å². The standard InChI is InChI=1S/C23H22ClN5O4S/c1-33-21-7-6-16(24)13-19(21)27-23(30)26-18-4-3-5-20-17(18)9-11-29(20)14-15-8-10-25-22(12-15)28-34(2,31)32/h3-13H,14H2,1-2H3,(H,25,28)(H2,26,27,30). The number of amides is 2. The number of methoxy groups -OCH3 is 1. The molecule has 0 bridgehead atoms. The number of carbonyl (C=O) groups is 1. The first kappa shape index (κ1) is 23.4. The van der Waals surface area contributed by atoms with Gasteiger partial charge < -0.3 is 19.9 Å². The summed E-state index contributed by atoms with van der Waals surface area (Å²) in [6, 6.07) is 15.5. The maximum Gasteiger partial charge on any atom is 0.323 e. The lowest BCUT2D eigenvalue weighted by Gasteiger charge is -2.12. The fraction of sp³-hybridized carbons (Fsp3) is 0.130. The molecule has 0 spiro atoms. The van der Waals surface area contributed by atoms with Gasteiger partial charge in [-0.2, -0.15) is 0 Å². The Morgan fingerprint density at radius 3 is 2.65 bits per heavy atom. The van der Waals surface area contributed by atoms with Gasteiger partial charge in [-0.3, -0.25) is 4.72 Å². The third kappa shape index (κ3) is 5.59. The monoisotopic (exact) mass is 499 g/mol. The number of rotatable bonds is 7. The normalized spacial score (nSPS) is 11.3. The second kappa shape index (κ2) is 9.62. The van der Waals surface area contributed by atoms with Gasteiger partial charge in [-0.05, 0) is 54.1 Å². The van der Waals surface area contributed by atoms with Crippen LogP contribution in [0, 0.1) is 0 Å². The Morgan fingerprint density at radius 1 is 1.09 bits per heavy atom. The van der Waals surface area contributed by atoms with Crippen LogP contribution < -0.4 is 20.1 Å². The minimum absolute atomic E-state index is 0.256. The molecule has 0 saturated carbocycles. The molecule has 0 unspecified atom stereocenters. The first-order chi connectivity index (χ1) is 16.2. The highest BCUT2D eigenvalue weighted by Crippen LogP contribution is 2.29. The summed E-state index contributed by atoms with van der Waals surface area (Å²) in [7, 11) is -1.91. The lowest BCUT2D eigenvalue weighted by Crippen LogP contribution is -2.20. The molecule has 2 amide bonds. The number of ether oxygens (including phenoxy) is 1. The Balaban J connectivity index is 1.54. The number of sulfonamides is 1. The number of nitrogens with zero attached hydrogens (tertiary/aromatic N) is 2. The maximum atomic E-state index is 12.7. The lowest BCUT2D eigenvalue weighted by molar-refractivity contribution is 0.262. The zero-order chi connectivity index (χ0) is 24.3. The number of nitrogens with one attached hydrogen (secondary N) is 3. The second-order valence-corrected chi connectivity index (χ2v) is 9.71. The lowest BCUT2D eigenvalue weighted by atomic mass is 10.2. The molecule has 0 radical (unpaired) electrons. The van der Waals surface area contributed by atoms with Crippen molar-refractivity contribution in [1.29, 1.82) is 0 Å². The minimum Gasteiger partial charge on any atom is -0.495 e. The number of hydrogen-bond donors (Lipinski definition) is 3. The van der Waals surface area contributed by atoms with Crippen molar-refractivity contribution < 1.29 is 17.9 Å². The molecule has 3 N–H and O–H groups in total. The van der Waals surface area contributed by atoms with Crippen LogP contribution in [0.5, 0.6) is 5.75 Å². The van der Waals surface area contributed by atoms with Crippen LogP contribution in [0.1, 0.15) is 5.56 Å². The smallest absolute Gasteiger partial charge is 0.323 e. The van der Waals surface area contributed by atoms with E-state index < -0.39 is 16.1 Å². The fourth-order valence-electron chi connectivity index (χ4n) is 3.54. The Hall–Kier alpha value is -3.76. The third-order valence-corrected chi connectivity index (χ3v) is 5.75. The van der Waals surface area contributed by atoms with Gasteiger partial charge in [0.05, 0.1) is 30.3 Å². The number of fused-ring (bicyclic) bond motifs is 1. The number of urea groups is 1. The van der Waals surface area contributed by atoms with E-state index in [1.165, 1.54) is 7.11 Å². The number of benzene rings is 2. The Bertz CT molecular complexity index is 1470. The highest BCUT2D eigenvalue weighted by molar-refractivity contribution is 7.92. The van der Waals surface area contributed by atoms with E-state index in [4.69, 9.17) is 16.3 Å². The maximum absolute atomic E-state index is 12.7. The number of aromatic nitrogens is 2. The van der Waals surface area contributed by atoms with Gasteiger partial charge in [0.2, 0.25) is 10.0 Å². The van der Waals surface area contributed by atoms with E-state index in [0.717, 1.165) is 22.7 Å². The first-order valence-electron chi connectivity index (χ1n) is 10.1. The molecule has 4 aromatic rings. The van der Waals surface area contributed by atoms with E-state index in [0.29, 0.717) is 28.7 Å². The molecular weight excluding hydrogens is 478 g/mol. The van der Waals surface area contributed by atoms with Crippen molar-refractivity contribution in [2.75, 3.05) is 28.7 Å². The molecule has 11 heteroatoms. The van der Waals surface area contributed by atoms with Crippen LogP contribution in [-0.2, 0) is 16.6 Å². The highest BCUT2D eigenvalue weighted by Gasteiger charge is 2.12. The molecule has 2 aromatic heterocycles. The molecular formula is C23H22ClN5O4S. The van der Waals surface area contributed by atoms with Crippen molar-refractivity contribution in [1.82, 2.24) is 9.55 Å². The van der Waals surface area contributed by atoms with Crippen LogP contribution in [0.3, 0.4) is 0 Å². The van der Waals surface area contributed by atoms with Gasteiger partial charge in [0.15, 0.2) is 0 Å². The summed E-state index contributed by atoms with van der Waals surface area (Å²) in [4.78, 5) is 16.7. The molecule has 2 heterocycles. The molecule has 9 nitrogen and oxygen atoms in total.